The summed E-state index contributed by atoms with van der Waals surface area (Å²) in [6.45, 7) is 0.889. The van der Waals surface area contributed by atoms with Gasteiger partial charge in [-0.25, -0.2) is 9.59 Å². The topological polar surface area (TPSA) is 87.7 Å². The summed E-state index contributed by atoms with van der Waals surface area (Å²) < 4.78 is 6.06. The second-order valence-corrected chi connectivity index (χ2v) is 5.46. The Bertz CT molecular complexity index is 486. The zero-order valence-corrected chi connectivity index (χ0v) is 12.2. The van der Waals surface area contributed by atoms with E-state index in [0.717, 1.165) is 4.47 Å². The van der Waals surface area contributed by atoms with Crippen LogP contribution in [0.2, 0.25) is 0 Å². The highest BCUT2D eigenvalue weighted by Gasteiger charge is 2.32. The van der Waals surface area contributed by atoms with Crippen LogP contribution in [0.25, 0.3) is 0 Å². The number of halogens is 1. The molecule has 0 radical (unpaired) electrons. The molecule has 0 bridgehead atoms. The molecule has 20 heavy (non-hydrogen) atoms. The largest absolute Gasteiger partial charge is 0.480 e. The van der Waals surface area contributed by atoms with Crippen LogP contribution < -0.4 is 10.6 Å². The van der Waals surface area contributed by atoms with Crippen molar-refractivity contribution in [3.05, 3.63) is 28.7 Å². The molecule has 0 unspecified atom stereocenters. The fraction of sp³-hybridized carbons (Fsp3) is 0.385. The van der Waals surface area contributed by atoms with Crippen molar-refractivity contribution in [3.8, 4) is 0 Å². The van der Waals surface area contributed by atoms with Gasteiger partial charge in [0.25, 0.3) is 0 Å². The van der Waals surface area contributed by atoms with Crippen molar-refractivity contribution < 1.29 is 19.4 Å². The molecule has 0 spiro atoms. The van der Waals surface area contributed by atoms with Gasteiger partial charge in [-0.15, -0.1) is 0 Å². The molecule has 6 nitrogen and oxygen atoms in total. The summed E-state index contributed by atoms with van der Waals surface area (Å²) in [4.78, 5) is 23.0. The number of anilines is 1. The van der Waals surface area contributed by atoms with E-state index in [0.29, 0.717) is 25.3 Å². The first-order valence-corrected chi connectivity index (χ1v) is 6.99. The Morgan fingerprint density at radius 2 is 2.05 bits per heavy atom. The molecule has 1 aromatic carbocycles. The second kappa shape index (κ2) is 6.71. The number of hydrogen-bond donors (Lipinski definition) is 3. The van der Waals surface area contributed by atoms with Gasteiger partial charge in [0.15, 0.2) is 0 Å². The van der Waals surface area contributed by atoms with E-state index < -0.39 is 18.0 Å². The fourth-order valence-corrected chi connectivity index (χ4v) is 2.30. The number of benzene rings is 1. The van der Waals surface area contributed by atoms with Gasteiger partial charge >= 0.3 is 12.0 Å². The molecule has 3 N–H and O–H groups in total. The molecule has 1 aromatic rings. The monoisotopic (exact) mass is 342 g/mol. The van der Waals surface area contributed by atoms with Crippen LogP contribution in [0.15, 0.2) is 28.7 Å². The van der Waals surface area contributed by atoms with Crippen molar-refractivity contribution in [3.63, 3.8) is 0 Å². The van der Waals surface area contributed by atoms with E-state index in [-0.39, 0.29) is 5.92 Å². The lowest BCUT2D eigenvalue weighted by Gasteiger charge is -2.19. The van der Waals surface area contributed by atoms with Crippen LogP contribution >= 0.6 is 15.9 Å². The summed E-state index contributed by atoms with van der Waals surface area (Å²) in [6.07, 6.45) is 0.634. The number of carbonyl (C=O) groups excluding carboxylic acids is 1. The maximum Gasteiger partial charge on any atom is 0.326 e. The van der Waals surface area contributed by atoms with E-state index in [2.05, 4.69) is 26.6 Å². The van der Waals surface area contributed by atoms with Gasteiger partial charge in [0, 0.05) is 22.7 Å². The quantitative estimate of drug-likeness (QED) is 0.781. The molecule has 1 aliphatic rings. The standard InChI is InChI=1S/C13H15BrN2O4/c14-9-1-3-10(4-2-9)15-13(19)16-11(12(17)18)8-5-6-20-7-8/h1-4,8,11H,5-7H2,(H,17,18)(H2,15,16,19)/t8-,11-/m1/s1. The van der Waals surface area contributed by atoms with E-state index in [9.17, 15) is 14.7 Å². The first kappa shape index (κ1) is 14.8. The number of hydrogen-bond acceptors (Lipinski definition) is 3. The number of carbonyl (C=O) groups is 2. The number of carboxylic acid groups (broad SMARTS) is 1. The van der Waals surface area contributed by atoms with Crippen LogP contribution in [0, 0.1) is 5.92 Å². The number of urea groups is 1. The smallest absolute Gasteiger partial charge is 0.326 e. The number of rotatable bonds is 4. The molecular weight excluding hydrogens is 328 g/mol. The van der Waals surface area contributed by atoms with Gasteiger partial charge in [0.05, 0.1) is 6.61 Å². The highest BCUT2D eigenvalue weighted by Crippen LogP contribution is 2.18. The molecule has 1 saturated heterocycles. The van der Waals surface area contributed by atoms with Gasteiger partial charge in [-0.3, -0.25) is 0 Å². The van der Waals surface area contributed by atoms with Crippen molar-refractivity contribution in [2.75, 3.05) is 18.5 Å². The lowest BCUT2D eigenvalue weighted by atomic mass is 9.99. The third kappa shape index (κ3) is 3.94. The van der Waals surface area contributed by atoms with Gasteiger partial charge < -0.3 is 20.5 Å². The first-order valence-electron chi connectivity index (χ1n) is 6.20. The lowest BCUT2D eigenvalue weighted by Crippen LogP contribution is -2.47. The van der Waals surface area contributed by atoms with Crippen molar-refractivity contribution in [2.45, 2.75) is 12.5 Å². The third-order valence-electron chi connectivity index (χ3n) is 3.09. The Morgan fingerprint density at radius 3 is 2.60 bits per heavy atom. The van der Waals surface area contributed by atoms with Gasteiger partial charge in [0.1, 0.15) is 6.04 Å². The average molecular weight is 343 g/mol. The minimum atomic E-state index is -1.05. The molecule has 2 rings (SSSR count). The Kier molecular flexibility index (Phi) is 4.97. The van der Waals surface area contributed by atoms with Crippen molar-refractivity contribution in [1.82, 2.24) is 5.32 Å². The molecular formula is C13H15BrN2O4. The summed E-state index contributed by atoms with van der Waals surface area (Å²) >= 11 is 3.30. The number of carboxylic acids is 1. The summed E-state index contributed by atoms with van der Waals surface area (Å²) in [6, 6.07) is 5.54. The Labute approximate surface area is 124 Å². The molecule has 0 aliphatic carbocycles. The zero-order chi connectivity index (χ0) is 14.5. The van der Waals surface area contributed by atoms with Crippen molar-refractivity contribution in [2.24, 2.45) is 5.92 Å². The normalized spacial score (nSPS) is 19.4. The molecule has 1 aliphatic heterocycles. The maximum atomic E-state index is 11.8. The van der Waals surface area contributed by atoms with Crippen LogP contribution in [-0.2, 0) is 9.53 Å². The highest BCUT2D eigenvalue weighted by molar-refractivity contribution is 9.10. The maximum absolute atomic E-state index is 11.8. The molecule has 2 amide bonds. The molecule has 1 fully saturated rings. The van der Waals surface area contributed by atoms with Gasteiger partial charge in [0.2, 0.25) is 0 Å². The van der Waals surface area contributed by atoms with E-state index in [4.69, 9.17) is 4.74 Å². The van der Waals surface area contributed by atoms with Crippen LogP contribution in [0.3, 0.4) is 0 Å². The average Bonchev–Trinajstić information content (AvgIpc) is 2.92. The van der Waals surface area contributed by atoms with Crippen LogP contribution in [-0.4, -0.2) is 36.4 Å². The SMILES string of the molecule is O=C(Nc1ccc(Br)cc1)N[C@@H](C(=O)O)[C@@H]1CCOC1. The number of aliphatic carboxylic acids is 1. The molecule has 0 saturated carbocycles. The van der Waals surface area contributed by atoms with Crippen molar-refractivity contribution in [1.29, 1.82) is 0 Å². The predicted molar refractivity (Wildman–Crippen MR) is 76.6 cm³/mol. The van der Waals surface area contributed by atoms with Gasteiger partial charge in [-0.1, -0.05) is 15.9 Å². The van der Waals surface area contributed by atoms with E-state index in [1.807, 2.05) is 0 Å². The summed E-state index contributed by atoms with van der Waals surface area (Å²) in [5.41, 5.74) is 0.595. The van der Waals surface area contributed by atoms with E-state index >= 15 is 0 Å². The summed E-state index contributed by atoms with van der Waals surface area (Å²) in [5, 5.41) is 14.3. The minimum absolute atomic E-state index is 0.192. The zero-order valence-electron chi connectivity index (χ0n) is 10.6. The fourth-order valence-electron chi connectivity index (χ4n) is 2.04. The highest BCUT2D eigenvalue weighted by atomic mass is 79.9. The summed E-state index contributed by atoms with van der Waals surface area (Å²) in [7, 11) is 0. The van der Waals surface area contributed by atoms with Crippen LogP contribution in [0.5, 0.6) is 0 Å². The Hall–Kier alpha value is -1.60. The lowest BCUT2D eigenvalue weighted by molar-refractivity contribution is -0.140. The van der Waals surface area contributed by atoms with Gasteiger partial charge in [-0.2, -0.15) is 0 Å². The molecule has 2 atom stereocenters. The second-order valence-electron chi connectivity index (χ2n) is 4.54. The number of nitrogens with one attached hydrogen (secondary N) is 2. The predicted octanol–water partition coefficient (Wildman–Crippen LogP) is 2.06. The Morgan fingerprint density at radius 1 is 1.35 bits per heavy atom. The number of ether oxygens (including phenoxy) is 1. The molecule has 7 heteroatoms. The van der Waals surface area contributed by atoms with E-state index in [1.54, 1.807) is 24.3 Å². The molecule has 108 valence electrons. The molecule has 0 aromatic heterocycles. The third-order valence-corrected chi connectivity index (χ3v) is 3.62. The van der Waals surface area contributed by atoms with Gasteiger partial charge in [-0.05, 0) is 30.7 Å². The Balaban J connectivity index is 1.94. The summed E-state index contributed by atoms with van der Waals surface area (Å²) in [5.74, 6) is -1.24. The van der Waals surface area contributed by atoms with Crippen LogP contribution in [0.4, 0.5) is 10.5 Å². The molecule has 1 heterocycles. The van der Waals surface area contributed by atoms with Crippen LogP contribution in [0.1, 0.15) is 6.42 Å². The number of amides is 2. The van der Waals surface area contributed by atoms with Crippen molar-refractivity contribution >= 4 is 33.6 Å². The minimum Gasteiger partial charge on any atom is -0.480 e. The first-order chi connectivity index (χ1) is 9.56. The van der Waals surface area contributed by atoms with E-state index in [1.165, 1.54) is 0 Å².